The summed E-state index contributed by atoms with van der Waals surface area (Å²) in [5.74, 6) is 0. The average Bonchev–Trinajstić information content (AvgIpc) is 2.36. The molecule has 0 spiro atoms. The van der Waals surface area contributed by atoms with Gasteiger partial charge >= 0.3 is 0 Å². The molecular formula is C6H11N3S. The largest absolute Gasteiger partial charge is 0.329 e. The SMILES string of the molecule is CSc1nccn1CCN. The first kappa shape index (κ1) is 7.63. The van der Waals surface area contributed by atoms with Gasteiger partial charge in [0.2, 0.25) is 0 Å². The molecule has 0 aromatic carbocycles. The lowest BCUT2D eigenvalue weighted by atomic mass is 10.6. The van der Waals surface area contributed by atoms with Gasteiger partial charge < -0.3 is 10.3 Å². The molecule has 4 heteroatoms. The van der Waals surface area contributed by atoms with Crippen LogP contribution in [-0.2, 0) is 6.54 Å². The Labute approximate surface area is 64.6 Å². The van der Waals surface area contributed by atoms with E-state index in [0.29, 0.717) is 6.54 Å². The van der Waals surface area contributed by atoms with Crippen molar-refractivity contribution in [3.05, 3.63) is 12.4 Å². The van der Waals surface area contributed by atoms with Gasteiger partial charge in [-0.25, -0.2) is 4.98 Å². The molecule has 1 heterocycles. The van der Waals surface area contributed by atoms with Gasteiger partial charge in [0, 0.05) is 25.5 Å². The first-order chi connectivity index (χ1) is 4.88. The smallest absolute Gasteiger partial charge is 0.167 e. The van der Waals surface area contributed by atoms with Crippen LogP contribution in [0.1, 0.15) is 0 Å². The van der Waals surface area contributed by atoms with Crippen molar-refractivity contribution in [3.63, 3.8) is 0 Å². The fourth-order valence-corrected chi connectivity index (χ4v) is 1.35. The highest BCUT2D eigenvalue weighted by Gasteiger charge is 1.97. The second-order valence-electron chi connectivity index (χ2n) is 1.90. The quantitative estimate of drug-likeness (QED) is 0.652. The average molecular weight is 157 g/mol. The number of thioether (sulfide) groups is 1. The van der Waals surface area contributed by atoms with Crippen molar-refractivity contribution in [1.29, 1.82) is 0 Å². The molecule has 56 valence electrons. The summed E-state index contributed by atoms with van der Waals surface area (Å²) in [6, 6.07) is 0. The van der Waals surface area contributed by atoms with E-state index in [2.05, 4.69) is 4.98 Å². The summed E-state index contributed by atoms with van der Waals surface area (Å²) in [4.78, 5) is 4.12. The van der Waals surface area contributed by atoms with Gasteiger partial charge in [-0.2, -0.15) is 0 Å². The van der Waals surface area contributed by atoms with E-state index < -0.39 is 0 Å². The van der Waals surface area contributed by atoms with Crippen molar-refractivity contribution < 1.29 is 0 Å². The molecule has 10 heavy (non-hydrogen) atoms. The third-order valence-corrected chi connectivity index (χ3v) is 1.93. The summed E-state index contributed by atoms with van der Waals surface area (Å²) in [6.07, 6.45) is 5.75. The molecule has 0 saturated heterocycles. The molecule has 0 atom stereocenters. The van der Waals surface area contributed by atoms with Crippen molar-refractivity contribution in [1.82, 2.24) is 9.55 Å². The highest BCUT2D eigenvalue weighted by molar-refractivity contribution is 7.98. The van der Waals surface area contributed by atoms with Crippen LogP contribution < -0.4 is 5.73 Å². The van der Waals surface area contributed by atoms with Crippen molar-refractivity contribution in [2.24, 2.45) is 5.73 Å². The van der Waals surface area contributed by atoms with Crippen LogP contribution in [0.5, 0.6) is 0 Å². The van der Waals surface area contributed by atoms with Gasteiger partial charge in [-0.05, 0) is 6.26 Å². The van der Waals surface area contributed by atoms with E-state index in [1.807, 2.05) is 17.0 Å². The Morgan fingerprint density at radius 1 is 1.80 bits per heavy atom. The summed E-state index contributed by atoms with van der Waals surface area (Å²) < 4.78 is 2.05. The van der Waals surface area contributed by atoms with E-state index >= 15 is 0 Å². The van der Waals surface area contributed by atoms with Crippen LogP contribution in [-0.4, -0.2) is 22.4 Å². The third kappa shape index (κ3) is 1.52. The molecule has 2 N–H and O–H groups in total. The van der Waals surface area contributed by atoms with Gasteiger partial charge in [0.25, 0.3) is 0 Å². The standard InChI is InChI=1S/C6H11N3S/c1-10-6-8-3-5-9(6)4-2-7/h3,5H,2,4,7H2,1H3. The summed E-state index contributed by atoms with van der Waals surface area (Å²) in [5.41, 5.74) is 5.39. The zero-order chi connectivity index (χ0) is 7.40. The molecule has 0 radical (unpaired) electrons. The van der Waals surface area contributed by atoms with Gasteiger partial charge in [-0.15, -0.1) is 0 Å². The Morgan fingerprint density at radius 2 is 2.60 bits per heavy atom. The Balaban J connectivity index is 2.70. The highest BCUT2D eigenvalue weighted by atomic mass is 32.2. The maximum Gasteiger partial charge on any atom is 0.167 e. The molecule has 0 bridgehead atoms. The molecule has 0 fully saturated rings. The number of nitrogens with two attached hydrogens (primary N) is 1. The fourth-order valence-electron chi connectivity index (χ4n) is 0.795. The Hall–Kier alpha value is -0.480. The lowest BCUT2D eigenvalue weighted by Gasteiger charge is -2.01. The lowest BCUT2D eigenvalue weighted by molar-refractivity contribution is 0.644. The van der Waals surface area contributed by atoms with E-state index in [9.17, 15) is 0 Å². The minimum Gasteiger partial charge on any atom is -0.329 e. The Morgan fingerprint density at radius 3 is 3.20 bits per heavy atom. The molecule has 3 nitrogen and oxygen atoms in total. The molecule has 0 amide bonds. The molecule has 1 aromatic heterocycles. The van der Waals surface area contributed by atoms with E-state index in [0.717, 1.165) is 11.7 Å². The predicted molar refractivity (Wildman–Crippen MR) is 43.1 cm³/mol. The van der Waals surface area contributed by atoms with Crippen molar-refractivity contribution in [2.75, 3.05) is 12.8 Å². The molecular weight excluding hydrogens is 146 g/mol. The lowest BCUT2D eigenvalue weighted by Crippen LogP contribution is -2.09. The minimum atomic E-state index is 0.671. The summed E-state index contributed by atoms with van der Waals surface area (Å²) in [6.45, 7) is 1.53. The fraction of sp³-hybridized carbons (Fsp3) is 0.500. The van der Waals surface area contributed by atoms with Gasteiger partial charge in [-0.1, -0.05) is 11.8 Å². The maximum atomic E-state index is 5.39. The zero-order valence-electron chi connectivity index (χ0n) is 5.95. The molecule has 0 aliphatic rings. The van der Waals surface area contributed by atoms with Crippen LogP contribution in [0.4, 0.5) is 0 Å². The molecule has 0 aliphatic carbocycles. The second kappa shape index (κ2) is 3.63. The van der Waals surface area contributed by atoms with Gasteiger partial charge in [0.05, 0.1) is 0 Å². The summed E-state index contributed by atoms with van der Waals surface area (Å²) >= 11 is 1.64. The number of aromatic nitrogens is 2. The maximum absolute atomic E-state index is 5.39. The van der Waals surface area contributed by atoms with Gasteiger partial charge in [0.15, 0.2) is 5.16 Å². The first-order valence-corrected chi connectivity index (χ1v) is 4.36. The first-order valence-electron chi connectivity index (χ1n) is 3.13. The van der Waals surface area contributed by atoms with E-state index in [4.69, 9.17) is 5.73 Å². The normalized spacial score (nSPS) is 10.2. The molecule has 0 unspecified atom stereocenters. The van der Waals surface area contributed by atoms with Crippen LogP contribution in [0, 0.1) is 0 Å². The van der Waals surface area contributed by atoms with Gasteiger partial charge in [0.1, 0.15) is 0 Å². The highest BCUT2D eigenvalue weighted by Crippen LogP contribution is 2.10. The topological polar surface area (TPSA) is 43.8 Å². The summed E-state index contributed by atoms with van der Waals surface area (Å²) in [7, 11) is 0. The number of rotatable bonds is 3. The predicted octanol–water partition coefficient (Wildman–Crippen LogP) is 0.564. The number of imidazole rings is 1. The van der Waals surface area contributed by atoms with Crippen LogP contribution in [0.3, 0.4) is 0 Å². The minimum absolute atomic E-state index is 0.671. The van der Waals surface area contributed by atoms with Crippen molar-refractivity contribution in [2.45, 2.75) is 11.7 Å². The van der Waals surface area contributed by atoms with Crippen LogP contribution in [0.25, 0.3) is 0 Å². The van der Waals surface area contributed by atoms with E-state index in [1.54, 1.807) is 18.0 Å². The monoisotopic (exact) mass is 157 g/mol. The molecule has 0 aliphatic heterocycles. The number of hydrogen-bond acceptors (Lipinski definition) is 3. The van der Waals surface area contributed by atoms with E-state index in [1.165, 1.54) is 0 Å². The number of hydrogen-bond donors (Lipinski definition) is 1. The third-order valence-electron chi connectivity index (χ3n) is 1.23. The van der Waals surface area contributed by atoms with Crippen molar-refractivity contribution in [3.8, 4) is 0 Å². The van der Waals surface area contributed by atoms with Crippen LogP contribution in [0.15, 0.2) is 17.6 Å². The van der Waals surface area contributed by atoms with Gasteiger partial charge in [-0.3, -0.25) is 0 Å². The summed E-state index contributed by atoms with van der Waals surface area (Å²) in [5, 5.41) is 1.03. The Kier molecular flexibility index (Phi) is 2.77. The second-order valence-corrected chi connectivity index (χ2v) is 2.67. The number of nitrogens with zero attached hydrogens (tertiary/aromatic N) is 2. The van der Waals surface area contributed by atoms with Crippen molar-refractivity contribution >= 4 is 11.8 Å². The van der Waals surface area contributed by atoms with Crippen LogP contribution >= 0.6 is 11.8 Å². The molecule has 1 rings (SSSR count). The molecule has 0 saturated carbocycles. The Bertz CT molecular complexity index is 197. The van der Waals surface area contributed by atoms with E-state index in [-0.39, 0.29) is 0 Å². The van der Waals surface area contributed by atoms with Crippen LogP contribution in [0.2, 0.25) is 0 Å². The molecule has 1 aromatic rings. The zero-order valence-corrected chi connectivity index (χ0v) is 6.77.